The smallest absolute Gasteiger partial charge is 0.331 e. The fourth-order valence-electron chi connectivity index (χ4n) is 1.84. The first kappa shape index (κ1) is 28.1. The maximum absolute atomic E-state index is 10.4. The molecule has 0 unspecified atom stereocenters. The highest BCUT2D eigenvalue weighted by molar-refractivity contribution is 5.94. The number of carboxylic acids is 3. The average Bonchev–Trinajstić information content (AvgIpc) is 2.70. The van der Waals surface area contributed by atoms with Gasteiger partial charge in [-0.15, -0.1) is 0 Å². The molecule has 1 aromatic rings. The van der Waals surface area contributed by atoms with Crippen LogP contribution in [0.15, 0.2) is 60.7 Å². The Labute approximate surface area is 172 Å². The van der Waals surface area contributed by atoms with Gasteiger partial charge < -0.3 is 15.3 Å². The monoisotopic (exact) mass is 404 g/mol. The Morgan fingerprint density at radius 2 is 1.41 bits per heavy atom. The van der Waals surface area contributed by atoms with Crippen LogP contribution in [0, 0.1) is 0 Å². The summed E-state index contributed by atoms with van der Waals surface area (Å²) < 4.78 is 0. The van der Waals surface area contributed by atoms with E-state index < -0.39 is 17.9 Å². The first-order valence-electron chi connectivity index (χ1n) is 9.44. The first-order valence-corrected chi connectivity index (χ1v) is 9.44. The van der Waals surface area contributed by atoms with Gasteiger partial charge in [0.15, 0.2) is 0 Å². The second kappa shape index (κ2) is 18.2. The molecule has 0 fully saturated rings. The molecule has 6 heteroatoms. The first-order chi connectivity index (χ1) is 13.7. The van der Waals surface area contributed by atoms with E-state index in [0.717, 1.165) is 25.3 Å². The van der Waals surface area contributed by atoms with Gasteiger partial charge in [-0.1, -0.05) is 76.3 Å². The summed E-state index contributed by atoms with van der Waals surface area (Å²) in [6, 6.07) is 10.0. The predicted octanol–water partition coefficient (Wildman–Crippen LogP) is 5.42. The van der Waals surface area contributed by atoms with Gasteiger partial charge in [0, 0.05) is 17.2 Å². The molecule has 0 aliphatic rings. The lowest BCUT2D eigenvalue weighted by molar-refractivity contribution is -0.135. The molecule has 1 aromatic carbocycles. The van der Waals surface area contributed by atoms with Crippen LogP contribution in [0.1, 0.15) is 57.9 Å². The van der Waals surface area contributed by atoms with Crippen LogP contribution in [0.4, 0.5) is 0 Å². The van der Waals surface area contributed by atoms with E-state index in [1.165, 1.54) is 5.56 Å². The molecule has 0 amide bonds. The van der Waals surface area contributed by atoms with E-state index >= 15 is 0 Å². The number of rotatable bonds is 10. The molecule has 3 N–H and O–H groups in total. The van der Waals surface area contributed by atoms with Gasteiger partial charge in [0.25, 0.3) is 0 Å². The number of hydrogen-bond acceptors (Lipinski definition) is 3. The van der Waals surface area contributed by atoms with Crippen molar-refractivity contribution in [3.8, 4) is 0 Å². The van der Waals surface area contributed by atoms with Gasteiger partial charge in [-0.2, -0.15) is 0 Å². The Morgan fingerprint density at radius 3 is 1.76 bits per heavy atom. The molecule has 29 heavy (non-hydrogen) atoms. The van der Waals surface area contributed by atoms with E-state index in [9.17, 15) is 14.4 Å². The fourth-order valence-corrected chi connectivity index (χ4v) is 1.84. The zero-order chi connectivity index (χ0) is 22.7. The molecule has 0 aromatic heterocycles. The molecule has 6 nitrogen and oxygen atoms in total. The third-order valence-corrected chi connectivity index (χ3v) is 3.54. The van der Waals surface area contributed by atoms with Crippen molar-refractivity contribution in [1.29, 1.82) is 0 Å². The zero-order valence-corrected chi connectivity index (χ0v) is 17.3. The Bertz CT molecular complexity index is 674. The van der Waals surface area contributed by atoms with E-state index in [0.29, 0.717) is 24.8 Å². The van der Waals surface area contributed by atoms with Crippen LogP contribution in [-0.4, -0.2) is 33.2 Å². The maximum atomic E-state index is 10.4. The Hall–Kier alpha value is -3.15. The Morgan fingerprint density at radius 1 is 0.897 bits per heavy atom. The summed E-state index contributed by atoms with van der Waals surface area (Å²) in [6.07, 6.45) is 7.01. The van der Waals surface area contributed by atoms with E-state index in [-0.39, 0.29) is 5.57 Å². The van der Waals surface area contributed by atoms with Crippen LogP contribution >= 0.6 is 0 Å². The van der Waals surface area contributed by atoms with Gasteiger partial charge in [-0.05, 0) is 31.2 Å². The van der Waals surface area contributed by atoms with Crippen LogP contribution in [0.5, 0.6) is 0 Å². The van der Waals surface area contributed by atoms with Crippen molar-refractivity contribution in [2.24, 2.45) is 0 Å². The minimum atomic E-state index is -1.21. The molecule has 0 atom stereocenters. The maximum Gasteiger partial charge on any atom is 0.331 e. The summed E-state index contributed by atoms with van der Waals surface area (Å²) in [7, 11) is 0. The molecule has 0 heterocycles. The number of aliphatic carboxylic acids is 3. The van der Waals surface area contributed by atoms with Gasteiger partial charge in [-0.3, -0.25) is 0 Å². The highest BCUT2D eigenvalue weighted by Crippen LogP contribution is 2.07. The molecule has 0 radical (unpaired) electrons. The number of unbranched alkanes of at least 4 members (excludes halogenated alkanes) is 2. The molecule has 1 rings (SSSR count). The second-order valence-corrected chi connectivity index (χ2v) is 6.04. The molecular formula is C23H32O6. The summed E-state index contributed by atoms with van der Waals surface area (Å²) in [5.74, 6) is -3.22. The van der Waals surface area contributed by atoms with Crippen LogP contribution in [0.3, 0.4) is 0 Å². The van der Waals surface area contributed by atoms with Crippen LogP contribution in [0.25, 0.3) is 6.08 Å². The summed E-state index contributed by atoms with van der Waals surface area (Å²) >= 11 is 0. The third kappa shape index (κ3) is 18.0. The lowest BCUT2D eigenvalue weighted by Crippen LogP contribution is -2.03. The number of carboxylic acid groups (broad SMARTS) is 3. The van der Waals surface area contributed by atoms with Crippen molar-refractivity contribution in [2.75, 3.05) is 0 Å². The number of carbonyl (C=O) groups is 3. The lowest BCUT2D eigenvalue weighted by Gasteiger charge is -1.97. The molecule has 160 valence electrons. The minimum absolute atomic E-state index is 0.0376. The highest BCUT2D eigenvalue weighted by atomic mass is 16.4. The minimum Gasteiger partial charge on any atom is -0.478 e. The van der Waals surface area contributed by atoms with Crippen molar-refractivity contribution in [2.45, 2.75) is 52.4 Å². The average molecular weight is 405 g/mol. The molecule has 0 aliphatic heterocycles. The molecule has 0 saturated heterocycles. The SMILES string of the molecule is C=C(CCCC)C(=O)O.C=Cc1ccccc1.CCCCC(=CC(=O)O)C(=O)O. The quantitative estimate of drug-likeness (QED) is 0.449. The normalized spacial score (nSPS) is 9.79. The molecule has 0 bridgehead atoms. The molecular weight excluding hydrogens is 372 g/mol. The Balaban J connectivity index is 0. The fraction of sp³-hybridized carbons (Fsp3) is 0.348. The molecule has 0 saturated carbocycles. The predicted molar refractivity (Wildman–Crippen MR) is 116 cm³/mol. The summed E-state index contributed by atoms with van der Waals surface area (Å²) in [6.45, 7) is 11.0. The van der Waals surface area contributed by atoms with Gasteiger partial charge >= 0.3 is 17.9 Å². The van der Waals surface area contributed by atoms with E-state index in [1.807, 2.05) is 50.3 Å². The zero-order valence-electron chi connectivity index (χ0n) is 17.3. The van der Waals surface area contributed by atoms with Gasteiger partial charge in [0.05, 0.1) is 0 Å². The van der Waals surface area contributed by atoms with Crippen molar-refractivity contribution in [1.82, 2.24) is 0 Å². The van der Waals surface area contributed by atoms with Crippen molar-refractivity contribution >= 4 is 24.0 Å². The van der Waals surface area contributed by atoms with E-state index in [1.54, 1.807) is 0 Å². The number of hydrogen-bond donors (Lipinski definition) is 3. The van der Waals surface area contributed by atoms with Gasteiger partial charge in [0.2, 0.25) is 0 Å². The van der Waals surface area contributed by atoms with E-state index in [4.69, 9.17) is 15.3 Å². The largest absolute Gasteiger partial charge is 0.478 e. The Kier molecular flexibility index (Phi) is 17.6. The topological polar surface area (TPSA) is 112 Å². The standard InChI is InChI=1S/C8H12O4.C8H8.C7H12O2/c1-2-3-4-6(8(11)12)5-7(9)10;1-2-8-6-4-3-5-7-8;1-3-4-5-6(2)7(8)9/h5H,2-4H2,1H3,(H,9,10)(H,11,12);2-7H,1H2;2-5H2,1H3,(H,8,9). The molecule has 0 aliphatic carbocycles. The van der Waals surface area contributed by atoms with Crippen LogP contribution in [0.2, 0.25) is 0 Å². The van der Waals surface area contributed by atoms with Gasteiger partial charge in [-0.25, -0.2) is 14.4 Å². The van der Waals surface area contributed by atoms with Crippen molar-refractivity contribution < 1.29 is 29.7 Å². The van der Waals surface area contributed by atoms with Crippen molar-refractivity contribution in [3.63, 3.8) is 0 Å². The molecule has 0 spiro atoms. The van der Waals surface area contributed by atoms with Crippen LogP contribution < -0.4 is 0 Å². The van der Waals surface area contributed by atoms with E-state index in [2.05, 4.69) is 13.2 Å². The summed E-state index contributed by atoms with van der Waals surface area (Å²) in [5.41, 5.74) is 1.45. The summed E-state index contributed by atoms with van der Waals surface area (Å²) in [5, 5.41) is 25.1. The summed E-state index contributed by atoms with van der Waals surface area (Å²) in [4.78, 5) is 30.7. The van der Waals surface area contributed by atoms with Gasteiger partial charge in [0.1, 0.15) is 0 Å². The van der Waals surface area contributed by atoms with Crippen LogP contribution in [-0.2, 0) is 14.4 Å². The second-order valence-electron chi connectivity index (χ2n) is 6.04. The van der Waals surface area contributed by atoms with Crippen molar-refractivity contribution in [3.05, 3.63) is 66.3 Å². The lowest BCUT2D eigenvalue weighted by atomic mass is 10.1. The third-order valence-electron chi connectivity index (χ3n) is 3.54. The number of benzene rings is 1. The highest BCUT2D eigenvalue weighted by Gasteiger charge is 2.07.